The number of aliphatic hydroxyl groups is 1. The Kier molecular flexibility index (Phi) is 5.03. The summed E-state index contributed by atoms with van der Waals surface area (Å²) in [6, 6.07) is 0. The molecule has 1 heterocycles. The van der Waals surface area contributed by atoms with Crippen molar-refractivity contribution in [2.75, 3.05) is 13.1 Å². The number of carbonyl (C=O) groups is 1. The Balaban J connectivity index is 0.00000196. The van der Waals surface area contributed by atoms with Gasteiger partial charge in [0.05, 0.1) is 6.10 Å². The molecule has 1 saturated heterocycles. The SMILES string of the molecule is CC(C)(C)OC(=O)N1CCCC(O)C1.N. The minimum atomic E-state index is -0.459. The van der Waals surface area contributed by atoms with Crippen LogP contribution in [0.5, 0.6) is 0 Å². The van der Waals surface area contributed by atoms with Crippen molar-refractivity contribution in [2.24, 2.45) is 0 Å². The van der Waals surface area contributed by atoms with Crippen LogP contribution in [-0.4, -0.2) is 40.9 Å². The van der Waals surface area contributed by atoms with Crippen LogP contribution in [0, 0.1) is 0 Å². The molecule has 90 valence electrons. The van der Waals surface area contributed by atoms with Crippen molar-refractivity contribution in [1.29, 1.82) is 0 Å². The fraction of sp³-hybridized carbons (Fsp3) is 0.900. The highest BCUT2D eigenvalue weighted by molar-refractivity contribution is 5.68. The van der Waals surface area contributed by atoms with E-state index in [4.69, 9.17) is 4.74 Å². The topological polar surface area (TPSA) is 84.8 Å². The summed E-state index contributed by atoms with van der Waals surface area (Å²) in [6.45, 7) is 6.60. The zero-order valence-electron chi connectivity index (χ0n) is 9.82. The molecule has 0 aromatic carbocycles. The van der Waals surface area contributed by atoms with Gasteiger partial charge in [-0.2, -0.15) is 0 Å². The van der Waals surface area contributed by atoms with Crippen molar-refractivity contribution in [2.45, 2.75) is 45.3 Å². The molecule has 15 heavy (non-hydrogen) atoms. The van der Waals surface area contributed by atoms with Crippen molar-refractivity contribution in [3.8, 4) is 0 Å². The molecule has 1 rings (SSSR count). The zero-order valence-corrected chi connectivity index (χ0v) is 9.82. The van der Waals surface area contributed by atoms with Crippen molar-refractivity contribution >= 4 is 6.09 Å². The minimum Gasteiger partial charge on any atom is -0.444 e. The molecule has 5 nitrogen and oxygen atoms in total. The number of aliphatic hydroxyl groups excluding tert-OH is 1. The Morgan fingerprint density at radius 2 is 2.07 bits per heavy atom. The third kappa shape index (κ3) is 4.99. The maximum absolute atomic E-state index is 11.6. The highest BCUT2D eigenvalue weighted by Crippen LogP contribution is 2.14. The number of rotatable bonds is 0. The van der Waals surface area contributed by atoms with E-state index in [1.165, 1.54) is 0 Å². The Labute approximate surface area is 91.0 Å². The lowest BCUT2D eigenvalue weighted by atomic mass is 10.1. The smallest absolute Gasteiger partial charge is 0.410 e. The van der Waals surface area contributed by atoms with Gasteiger partial charge in [-0.25, -0.2) is 4.79 Å². The van der Waals surface area contributed by atoms with Crippen LogP contribution in [0.1, 0.15) is 33.6 Å². The van der Waals surface area contributed by atoms with Gasteiger partial charge in [0.15, 0.2) is 0 Å². The lowest BCUT2D eigenvalue weighted by Crippen LogP contribution is -2.44. The van der Waals surface area contributed by atoms with E-state index < -0.39 is 11.7 Å². The first-order valence-corrected chi connectivity index (χ1v) is 5.04. The van der Waals surface area contributed by atoms with E-state index in [0.717, 1.165) is 12.8 Å². The van der Waals surface area contributed by atoms with Crippen LogP contribution in [0.2, 0.25) is 0 Å². The first-order chi connectivity index (χ1) is 6.38. The number of piperidine rings is 1. The molecule has 1 aliphatic heterocycles. The van der Waals surface area contributed by atoms with Gasteiger partial charge < -0.3 is 20.9 Å². The molecular formula is C10H22N2O3. The Hall–Kier alpha value is -0.810. The highest BCUT2D eigenvalue weighted by Gasteiger charge is 2.26. The maximum atomic E-state index is 11.6. The number of hydrogen-bond acceptors (Lipinski definition) is 4. The Bertz CT molecular complexity index is 213. The second-order valence-corrected chi connectivity index (χ2v) is 4.72. The predicted octanol–water partition coefficient (Wildman–Crippen LogP) is 1.54. The van der Waals surface area contributed by atoms with Crippen LogP contribution in [0.15, 0.2) is 0 Å². The molecule has 1 atom stereocenters. The molecule has 0 bridgehead atoms. The number of amides is 1. The van der Waals surface area contributed by atoms with Crippen LogP contribution >= 0.6 is 0 Å². The van der Waals surface area contributed by atoms with Crippen LogP contribution < -0.4 is 6.15 Å². The van der Waals surface area contributed by atoms with Crippen LogP contribution in [0.25, 0.3) is 0 Å². The predicted molar refractivity (Wildman–Crippen MR) is 58.1 cm³/mol. The average molecular weight is 218 g/mol. The van der Waals surface area contributed by atoms with Crippen LogP contribution in [0.3, 0.4) is 0 Å². The maximum Gasteiger partial charge on any atom is 0.410 e. The highest BCUT2D eigenvalue weighted by atomic mass is 16.6. The summed E-state index contributed by atoms with van der Waals surface area (Å²) >= 11 is 0. The first kappa shape index (κ1) is 14.2. The molecule has 0 radical (unpaired) electrons. The van der Waals surface area contributed by atoms with Crippen LogP contribution in [-0.2, 0) is 4.74 Å². The van der Waals surface area contributed by atoms with E-state index in [9.17, 15) is 9.90 Å². The summed E-state index contributed by atoms with van der Waals surface area (Å²) in [7, 11) is 0. The van der Waals surface area contributed by atoms with Crippen molar-refractivity contribution < 1.29 is 14.6 Å². The Morgan fingerprint density at radius 3 is 2.53 bits per heavy atom. The first-order valence-electron chi connectivity index (χ1n) is 5.04. The molecule has 1 amide bonds. The number of β-amino-alcohol motifs (C(OH)–C–C–N with tert-alkyl or cyclic N) is 1. The lowest BCUT2D eigenvalue weighted by molar-refractivity contribution is 0.00391. The molecule has 1 unspecified atom stereocenters. The zero-order chi connectivity index (χ0) is 10.8. The second-order valence-electron chi connectivity index (χ2n) is 4.72. The molecule has 5 heteroatoms. The van der Waals surface area contributed by atoms with Crippen molar-refractivity contribution in [1.82, 2.24) is 11.1 Å². The number of hydrogen-bond donors (Lipinski definition) is 2. The number of nitrogens with zero attached hydrogens (tertiary/aromatic N) is 1. The summed E-state index contributed by atoms with van der Waals surface area (Å²) in [5, 5.41) is 9.38. The molecule has 0 aromatic heterocycles. The fourth-order valence-corrected chi connectivity index (χ4v) is 1.45. The van der Waals surface area contributed by atoms with E-state index in [1.54, 1.807) is 4.90 Å². The third-order valence-corrected chi connectivity index (χ3v) is 2.05. The molecule has 1 fully saturated rings. The number of likely N-dealkylation sites (tertiary alicyclic amines) is 1. The number of ether oxygens (including phenoxy) is 1. The molecule has 1 aliphatic rings. The van der Waals surface area contributed by atoms with Gasteiger partial charge in [-0.1, -0.05) is 0 Å². The molecule has 0 saturated carbocycles. The fourth-order valence-electron chi connectivity index (χ4n) is 1.45. The summed E-state index contributed by atoms with van der Waals surface area (Å²) in [5.74, 6) is 0. The monoisotopic (exact) mass is 218 g/mol. The van der Waals surface area contributed by atoms with Gasteiger partial charge in [0.2, 0.25) is 0 Å². The summed E-state index contributed by atoms with van der Waals surface area (Å²) in [4.78, 5) is 13.1. The van der Waals surface area contributed by atoms with Gasteiger partial charge in [0.25, 0.3) is 0 Å². The largest absolute Gasteiger partial charge is 0.444 e. The average Bonchev–Trinajstić information content (AvgIpc) is 2.01. The normalized spacial score (nSPS) is 21.9. The summed E-state index contributed by atoms with van der Waals surface area (Å²) in [6.07, 6.45) is 0.909. The van der Waals surface area contributed by atoms with Gasteiger partial charge in [0, 0.05) is 13.1 Å². The van der Waals surface area contributed by atoms with Crippen molar-refractivity contribution in [3.63, 3.8) is 0 Å². The minimum absolute atomic E-state index is 0. The lowest BCUT2D eigenvalue weighted by Gasteiger charge is -2.32. The third-order valence-electron chi connectivity index (χ3n) is 2.05. The van der Waals surface area contributed by atoms with Gasteiger partial charge >= 0.3 is 6.09 Å². The van der Waals surface area contributed by atoms with Gasteiger partial charge in [0.1, 0.15) is 5.60 Å². The Morgan fingerprint density at radius 1 is 1.47 bits per heavy atom. The summed E-state index contributed by atoms with van der Waals surface area (Å²) < 4.78 is 5.20. The van der Waals surface area contributed by atoms with E-state index in [1.807, 2.05) is 20.8 Å². The van der Waals surface area contributed by atoms with Gasteiger partial charge in [-0.05, 0) is 33.6 Å². The van der Waals surface area contributed by atoms with Gasteiger partial charge in [-0.3, -0.25) is 0 Å². The van der Waals surface area contributed by atoms with Crippen molar-refractivity contribution in [3.05, 3.63) is 0 Å². The quantitative estimate of drug-likeness (QED) is 0.646. The van der Waals surface area contributed by atoms with Gasteiger partial charge in [-0.15, -0.1) is 0 Å². The molecule has 0 aliphatic carbocycles. The summed E-state index contributed by atoms with van der Waals surface area (Å²) in [5.41, 5.74) is -0.459. The number of carbonyl (C=O) groups excluding carboxylic acids is 1. The standard InChI is InChI=1S/C10H19NO3.H3N/c1-10(2,3)14-9(13)11-6-4-5-8(12)7-11;/h8,12H,4-7H2,1-3H3;1H3. The molecule has 0 spiro atoms. The molecule has 4 N–H and O–H groups in total. The van der Waals surface area contributed by atoms with E-state index >= 15 is 0 Å². The second kappa shape index (κ2) is 5.32. The molecule has 0 aromatic rings. The molecular weight excluding hydrogens is 196 g/mol. The van der Waals surface area contributed by atoms with E-state index in [0.29, 0.717) is 13.1 Å². The van der Waals surface area contributed by atoms with E-state index in [-0.39, 0.29) is 12.2 Å². The van der Waals surface area contributed by atoms with Crippen LogP contribution in [0.4, 0.5) is 4.79 Å². The van der Waals surface area contributed by atoms with E-state index in [2.05, 4.69) is 0 Å².